The highest BCUT2D eigenvalue weighted by atomic mass is 15.2. The summed E-state index contributed by atoms with van der Waals surface area (Å²) < 4.78 is 4.99. The van der Waals surface area contributed by atoms with Gasteiger partial charge in [-0.25, -0.2) is 4.85 Å². The Bertz CT molecular complexity index is 7480. The number of aromatic nitrogens is 2. The van der Waals surface area contributed by atoms with Gasteiger partial charge in [-0.1, -0.05) is 357 Å². The Kier molecular flexibility index (Phi) is 17.8. The summed E-state index contributed by atoms with van der Waals surface area (Å²) in [6, 6.07) is 155. The van der Waals surface area contributed by atoms with E-state index in [2.05, 4.69) is 466 Å². The molecule has 0 spiro atoms. The highest BCUT2D eigenvalue weighted by molar-refractivity contribution is 7.00. The molecule has 20 aromatic rings. The molecule has 0 bridgehead atoms. The first-order valence-electron chi connectivity index (χ1n) is 42.7. The van der Waals surface area contributed by atoms with Gasteiger partial charge in [0, 0.05) is 77.9 Å². The van der Waals surface area contributed by atoms with E-state index in [1.54, 1.807) is 0 Å². The summed E-state index contributed by atoms with van der Waals surface area (Å²) in [4.78, 5) is 9.36. The van der Waals surface area contributed by atoms with E-state index in [-0.39, 0.29) is 17.5 Å². The SMILES string of the molecule is [C-]#[N+]c1ccc(-c2cc(-c3ccc(C(C)(C)C)cc3)c(N3c4cc(-n5c6ccccc6c6ccccc65)ccc4B4c5ccc(-n6c7ccccc7c7ccccc76)cc5N(c5c(-c6ccc(C(C)(C)C)cc6)cc(-c6ccccc6)cc5-c5cccc(-c6ccccc6)c5)c5cc(-c6ccccc6)cc3c54)c(-c3cccc(-c4ccccc4)c3)c2)cc1. The first-order valence-corrected chi connectivity index (χ1v) is 42.7. The van der Waals surface area contributed by atoms with Crippen molar-refractivity contribution in [3.8, 4) is 112 Å². The fraction of sp³-hybridized carbons (Fsp3) is 0.0684. The summed E-state index contributed by atoms with van der Waals surface area (Å²) in [5, 5.41) is 4.79. The van der Waals surface area contributed by atoms with Crippen LogP contribution in [-0.2, 0) is 10.8 Å². The second kappa shape index (κ2) is 29.6. The van der Waals surface area contributed by atoms with E-state index in [0.29, 0.717) is 5.69 Å². The largest absolute Gasteiger partial charge is 0.310 e. The van der Waals surface area contributed by atoms with Gasteiger partial charge in [-0.05, 0) is 213 Å². The molecule has 0 aliphatic carbocycles. The number of fused-ring (bicyclic) bond motifs is 10. The topological polar surface area (TPSA) is 20.7 Å². The van der Waals surface area contributed by atoms with Gasteiger partial charge in [-0.3, -0.25) is 0 Å². The van der Waals surface area contributed by atoms with Gasteiger partial charge in [-0.2, -0.15) is 0 Å². The molecular weight excluding hydrogens is 1490 g/mol. The number of nitrogens with zero attached hydrogens (tertiary/aromatic N) is 5. The third-order valence-corrected chi connectivity index (χ3v) is 25.6. The predicted molar refractivity (Wildman–Crippen MR) is 522 cm³/mol. The lowest BCUT2D eigenvalue weighted by molar-refractivity contribution is 0.590. The first kappa shape index (κ1) is 74.0. The number of anilines is 6. The molecule has 582 valence electrons. The molecule has 2 aliphatic rings. The van der Waals surface area contributed by atoms with Crippen molar-refractivity contribution >= 4 is 107 Å². The van der Waals surface area contributed by atoms with E-state index in [1.807, 2.05) is 12.1 Å². The third kappa shape index (κ3) is 12.8. The molecular formula is C117H86BN5. The van der Waals surface area contributed by atoms with Crippen LogP contribution >= 0.6 is 0 Å². The van der Waals surface area contributed by atoms with Crippen LogP contribution in [0.25, 0.3) is 160 Å². The van der Waals surface area contributed by atoms with Crippen LogP contribution in [0.3, 0.4) is 0 Å². The standard InChI is InChI=1S/C117H86BN5/c1-116(2,3)90-56-50-81(51-57-90)99-68-87(78-34-16-10-17-35-78)70-101(85-40-28-38-83(66-85)76-30-12-8-13-31-76)114(99)122-109-74-93(120-105-46-24-20-42-95(105)96-43-21-25-47-106(96)120)62-64-103(109)118-104-65-63-94(121-107-48-26-22-44-97(107)98-45-23-27-49-108(98)121)75-110(104)123(112-73-89(72-111(122)113(112)118)79-36-18-11-19-37-79)115-100(82-52-58-91(59-53-82)117(4,5)6)69-88(80-54-60-92(119-7)61-55-80)71-102(115)86-41-29-39-84(67-86)77-32-14-9-15-33-77/h8-75H,1-6H3. The number of hydrogen-bond acceptors (Lipinski definition) is 2. The van der Waals surface area contributed by atoms with Crippen molar-refractivity contribution in [2.75, 3.05) is 9.80 Å². The maximum absolute atomic E-state index is 8.19. The van der Waals surface area contributed by atoms with E-state index in [4.69, 9.17) is 6.57 Å². The van der Waals surface area contributed by atoms with Crippen LogP contribution in [0, 0.1) is 6.57 Å². The molecule has 5 nitrogen and oxygen atoms in total. The Balaban J connectivity index is 0.936. The zero-order valence-electron chi connectivity index (χ0n) is 69.6. The van der Waals surface area contributed by atoms with E-state index in [0.717, 1.165) is 173 Å². The quantitative estimate of drug-likeness (QED) is 0.0847. The maximum atomic E-state index is 8.19. The summed E-state index contributed by atoms with van der Waals surface area (Å²) >= 11 is 0. The lowest BCUT2D eigenvalue weighted by Gasteiger charge is -2.46. The Labute approximate surface area is 719 Å². The lowest BCUT2D eigenvalue weighted by Crippen LogP contribution is -2.61. The molecule has 0 saturated carbocycles. The third-order valence-electron chi connectivity index (χ3n) is 25.6. The normalized spacial score (nSPS) is 12.4. The Morgan fingerprint density at radius 1 is 0.236 bits per heavy atom. The molecule has 0 saturated heterocycles. The highest BCUT2D eigenvalue weighted by Crippen LogP contribution is 2.57. The minimum atomic E-state index is -0.362. The van der Waals surface area contributed by atoms with Gasteiger partial charge >= 0.3 is 0 Å². The van der Waals surface area contributed by atoms with Crippen molar-refractivity contribution in [1.82, 2.24) is 9.13 Å². The van der Waals surface area contributed by atoms with Crippen LogP contribution < -0.4 is 26.2 Å². The molecule has 0 N–H and O–H groups in total. The molecule has 0 radical (unpaired) electrons. The Morgan fingerprint density at radius 3 is 0.878 bits per heavy atom. The predicted octanol–water partition coefficient (Wildman–Crippen LogP) is 30.1. The van der Waals surface area contributed by atoms with Crippen molar-refractivity contribution in [3.05, 3.63) is 435 Å². The van der Waals surface area contributed by atoms with Crippen LogP contribution in [-0.4, -0.2) is 15.8 Å². The molecule has 0 amide bonds. The molecule has 22 rings (SSSR count). The van der Waals surface area contributed by atoms with E-state index < -0.39 is 0 Å². The van der Waals surface area contributed by atoms with Gasteiger partial charge in [0.1, 0.15) is 0 Å². The average Bonchev–Trinajstić information content (AvgIpc) is 0.808. The van der Waals surface area contributed by atoms with Crippen molar-refractivity contribution in [3.63, 3.8) is 0 Å². The summed E-state index contributed by atoms with van der Waals surface area (Å²) in [7, 11) is 0. The number of hydrogen-bond donors (Lipinski definition) is 0. The van der Waals surface area contributed by atoms with E-state index >= 15 is 0 Å². The van der Waals surface area contributed by atoms with Crippen molar-refractivity contribution in [1.29, 1.82) is 0 Å². The van der Waals surface area contributed by atoms with Gasteiger partial charge in [0.25, 0.3) is 6.71 Å². The van der Waals surface area contributed by atoms with Crippen LogP contribution in [0.2, 0.25) is 0 Å². The second-order valence-corrected chi connectivity index (χ2v) is 35.0. The fourth-order valence-corrected chi connectivity index (χ4v) is 19.5. The average molecular weight is 1570 g/mol. The molecule has 2 aliphatic heterocycles. The zero-order chi connectivity index (χ0) is 82.8. The second-order valence-electron chi connectivity index (χ2n) is 35.0. The summed E-state index contributed by atoms with van der Waals surface area (Å²) in [6.45, 7) is 21.7. The van der Waals surface area contributed by atoms with Gasteiger partial charge in [0.2, 0.25) is 0 Å². The lowest BCUT2D eigenvalue weighted by atomic mass is 9.33. The molecule has 4 heterocycles. The highest BCUT2D eigenvalue weighted by Gasteiger charge is 2.46. The summed E-state index contributed by atoms with van der Waals surface area (Å²) in [5.74, 6) is 0. The zero-order valence-corrected chi connectivity index (χ0v) is 69.6. The van der Waals surface area contributed by atoms with Gasteiger partial charge in [-0.15, -0.1) is 0 Å². The molecule has 18 aromatic carbocycles. The minimum absolute atomic E-state index is 0.116. The van der Waals surface area contributed by atoms with Crippen LogP contribution in [0.5, 0.6) is 0 Å². The number of benzene rings is 18. The van der Waals surface area contributed by atoms with Crippen molar-refractivity contribution in [2.45, 2.75) is 52.4 Å². The van der Waals surface area contributed by atoms with E-state index in [1.165, 1.54) is 43.6 Å². The van der Waals surface area contributed by atoms with Crippen LogP contribution in [0.4, 0.5) is 39.8 Å². The summed E-state index contributed by atoms with van der Waals surface area (Å²) in [6.07, 6.45) is 0. The van der Waals surface area contributed by atoms with Gasteiger partial charge in [0.15, 0.2) is 5.69 Å². The number of para-hydroxylation sites is 4. The van der Waals surface area contributed by atoms with Gasteiger partial charge in [0.05, 0.1) is 40.0 Å². The molecule has 0 fully saturated rings. The minimum Gasteiger partial charge on any atom is -0.310 e. The molecule has 6 heteroatoms. The van der Waals surface area contributed by atoms with Crippen molar-refractivity contribution < 1.29 is 0 Å². The molecule has 0 atom stereocenters. The number of rotatable bonds is 13. The summed E-state index contributed by atoms with van der Waals surface area (Å²) in [5.41, 5.74) is 38.8. The molecule has 0 unspecified atom stereocenters. The van der Waals surface area contributed by atoms with Crippen molar-refractivity contribution in [2.24, 2.45) is 0 Å². The fourth-order valence-electron chi connectivity index (χ4n) is 19.5. The monoisotopic (exact) mass is 1570 g/mol. The smallest absolute Gasteiger partial charge is 0.252 e. The first-order chi connectivity index (χ1) is 60.2. The Morgan fingerprint density at radius 2 is 0.528 bits per heavy atom. The van der Waals surface area contributed by atoms with E-state index in [9.17, 15) is 0 Å². The molecule has 2 aromatic heterocycles. The van der Waals surface area contributed by atoms with Gasteiger partial charge < -0.3 is 18.9 Å². The van der Waals surface area contributed by atoms with Crippen LogP contribution in [0.15, 0.2) is 413 Å². The van der Waals surface area contributed by atoms with Crippen LogP contribution in [0.1, 0.15) is 52.7 Å². The Hall–Kier alpha value is -15.3. The molecule has 123 heavy (non-hydrogen) atoms. The maximum Gasteiger partial charge on any atom is 0.252 e.